The SMILES string of the molecule is CCC(C)(O)CNCc1cccc(OC)c1F. The molecule has 0 spiro atoms. The number of hydrogen-bond donors (Lipinski definition) is 2. The quantitative estimate of drug-likeness (QED) is 0.801. The molecule has 1 rings (SSSR count). The Morgan fingerprint density at radius 3 is 2.76 bits per heavy atom. The zero-order valence-electron chi connectivity index (χ0n) is 10.6. The standard InChI is InChI=1S/C13H20FNO2/c1-4-13(2,16)9-15-8-10-6-5-7-11(17-3)12(10)14/h5-7,15-16H,4,8-9H2,1-3H3. The summed E-state index contributed by atoms with van der Waals surface area (Å²) in [6, 6.07) is 5.03. The molecule has 0 saturated heterocycles. The highest BCUT2D eigenvalue weighted by molar-refractivity contribution is 5.30. The number of ether oxygens (including phenoxy) is 1. The largest absolute Gasteiger partial charge is 0.494 e. The summed E-state index contributed by atoms with van der Waals surface area (Å²) in [6.07, 6.45) is 0.653. The van der Waals surface area contributed by atoms with Gasteiger partial charge in [0.05, 0.1) is 12.7 Å². The first-order valence-electron chi connectivity index (χ1n) is 5.74. The van der Waals surface area contributed by atoms with Crippen LogP contribution in [0, 0.1) is 5.82 Å². The maximum atomic E-state index is 13.7. The second kappa shape index (κ2) is 5.98. The number of aliphatic hydroxyl groups is 1. The number of methoxy groups -OCH3 is 1. The van der Waals surface area contributed by atoms with Crippen molar-refractivity contribution in [2.45, 2.75) is 32.4 Å². The van der Waals surface area contributed by atoms with Crippen LogP contribution < -0.4 is 10.1 Å². The summed E-state index contributed by atoms with van der Waals surface area (Å²) in [4.78, 5) is 0. The van der Waals surface area contributed by atoms with Gasteiger partial charge in [0.2, 0.25) is 0 Å². The summed E-state index contributed by atoms with van der Waals surface area (Å²) in [5, 5.41) is 12.8. The van der Waals surface area contributed by atoms with Crippen LogP contribution in [-0.4, -0.2) is 24.4 Å². The number of rotatable bonds is 6. The Morgan fingerprint density at radius 2 is 2.18 bits per heavy atom. The third-order valence-electron chi connectivity index (χ3n) is 2.85. The molecule has 1 unspecified atom stereocenters. The van der Waals surface area contributed by atoms with Crippen molar-refractivity contribution >= 4 is 0 Å². The van der Waals surface area contributed by atoms with Gasteiger partial charge in [0.25, 0.3) is 0 Å². The second-order valence-corrected chi connectivity index (χ2v) is 4.39. The molecule has 0 bridgehead atoms. The minimum Gasteiger partial charge on any atom is -0.494 e. The molecule has 1 aromatic rings. The van der Waals surface area contributed by atoms with E-state index in [2.05, 4.69) is 5.32 Å². The van der Waals surface area contributed by atoms with E-state index in [0.717, 1.165) is 0 Å². The zero-order chi connectivity index (χ0) is 12.9. The van der Waals surface area contributed by atoms with Crippen LogP contribution in [0.4, 0.5) is 4.39 Å². The Labute approximate surface area is 102 Å². The smallest absolute Gasteiger partial charge is 0.169 e. The van der Waals surface area contributed by atoms with Crippen molar-refractivity contribution < 1.29 is 14.2 Å². The Kier molecular flexibility index (Phi) is 4.90. The van der Waals surface area contributed by atoms with E-state index in [1.807, 2.05) is 6.92 Å². The number of hydrogen-bond acceptors (Lipinski definition) is 3. The lowest BCUT2D eigenvalue weighted by Crippen LogP contribution is -2.36. The zero-order valence-corrected chi connectivity index (χ0v) is 10.6. The van der Waals surface area contributed by atoms with Crippen LogP contribution in [0.3, 0.4) is 0 Å². The van der Waals surface area contributed by atoms with Gasteiger partial charge in [0.1, 0.15) is 0 Å². The maximum absolute atomic E-state index is 13.7. The Morgan fingerprint density at radius 1 is 1.47 bits per heavy atom. The molecule has 0 amide bonds. The summed E-state index contributed by atoms with van der Waals surface area (Å²) in [6.45, 7) is 4.47. The molecule has 1 atom stereocenters. The molecule has 0 aliphatic heterocycles. The van der Waals surface area contributed by atoms with Crippen molar-refractivity contribution in [1.82, 2.24) is 5.32 Å². The van der Waals surface area contributed by atoms with Crippen molar-refractivity contribution in [3.8, 4) is 5.75 Å². The van der Waals surface area contributed by atoms with Gasteiger partial charge in [-0.1, -0.05) is 19.1 Å². The fourth-order valence-corrected chi connectivity index (χ4v) is 1.44. The predicted octanol–water partition coefficient (Wildman–Crippen LogP) is 2.08. The Balaban J connectivity index is 2.58. The van der Waals surface area contributed by atoms with Gasteiger partial charge in [-0.3, -0.25) is 0 Å². The van der Waals surface area contributed by atoms with Gasteiger partial charge >= 0.3 is 0 Å². The summed E-state index contributed by atoms with van der Waals surface area (Å²) in [5.41, 5.74) is -0.216. The Bertz CT molecular complexity index is 366. The number of benzene rings is 1. The third kappa shape index (κ3) is 3.98. The lowest BCUT2D eigenvalue weighted by Gasteiger charge is -2.21. The molecule has 4 heteroatoms. The molecule has 17 heavy (non-hydrogen) atoms. The summed E-state index contributed by atoms with van der Waals surface area (Å²) in [7, 11) is 1.44. The van der Waals surface area contributed by atoms with Gasteiger partial charge in [-0.2, -0.15) is 0 Å². The normalized spacial score (nSPS) is 14.4. The molecule has 96 valence electrons. The lowest BCUT2D eigenvalue weighted by atomic mass is 10.0. The molecular weight excluding hydrogens is 221 g/mol. The van der Waals surface area contributed by atoms with E-state index in [4.69, 9.17) is 4.74 Å². The summed E-state index contributed by atoms with van der Waals surface area (Å²) >= 11 is 0. The molecule has 0 aliphatic carbocycles. The first kappa shape index (κ1) is 13.9. The van der Waals surface area contributed by atoms with Gasteiger partial charge in [-0.05, 0) is 19.4 Å². The maximum Gasteiger partial charge on any atom is 0.169 e. The van der Waals surface area contributed by atoms with Crippen LogP contribution in [0.2, 0.25) is 0 Å². The number of halogens is 1. The molecule has 0 radical (unpaired) electrons. The van der Waals surface area contributed by atoms with E-state index >= 15 is 0 Å². The van der Waals surface area contributed by atoms with Gasteiger partial charge in [-0.15, -0.1) is 0 Å². The molecule has 1 aromatic carbocycles. The van der Waals surface area contributed by atoms with E-state index in [9.17, 15) is 9.50 Å². The molecular formula is C13H20FNO2. The molecule has 0 aliphatic rings. The fraction of sp³-hybridized carbons (Fsp3) is 0.538. The Hall–Kier alpha value is -1.13. The van der Waals surface area contributed by atoms with Crippen LogP contribution in [0.1, 0.15) is 25.8 Å². The molecule has 3 nitrogen and oxygen atoms in total. The second-order valence-electron chi connectivity index (χ2n) is 4.39. The molecule has 2 N–H and O–H groups in total. The number of nitrogens with one attached hydrogen (secondary N) is 1. The average Bonchev–Trinajstić information content (AvgIpc) is 2.31. The van der Waals surface area contributed by atoms with Crippen LogP contribution in [-0.2, 0) is 6.54 Å². The topological polar surface area (TPSA) is 41.5 Å². The summed E-state index contributed by atoms with van der Waals surface area (Å²) < 4.78 is 18.6. The highest BCUT2D eigenvalue weighted by Crippen LogP contribution is 2.19. The molecule has 0 aromatic heterocycles. The van der Waals surface area contributed by atoms with Crippen molar-refractivity contribution in [2.75, 3.05) is 13.7 Å². The van der Waals surface area contributed by atoms with Crippen LogP contribution in [0.5, 0.6) is 5.75 Å². The minimum absolute atomic E-state index is 0.242. The van der Waals surface area contributed by atoms with Gasteiger partial charge < -0.3 is 15.2 Å². The average molecular weight is 241 g/mol. The minimum atomic E-state index is -0.755. The van der Waals surface area contributed by atoms with E-state index in [0.29, 0.717) is 25.1 Å². The molecule has 0 fully saturated rings. The van der Waals surface area contributed by atoms with E-state index in [1.54, 1.807) is 25.1 Å². The van der Waals surface area contributed by atoms with Crippen molar-refractivity contribution in [2.24, 2.45) is 0 Å². The van der Waals surface area contributed by atoms with E-state index < -0.39 is 5.60 Å². The summed E-state index contributed by atoms with van der Waals surface area (Å²) in [5.74, 6) is -0.106. The van der Waals surface area contributed by atoms with Gasteiger partial charge in [0.15, 0.2) is 11.6 Å². The lowest BCUT2D eigenvalue weighted by molar-refractivity contribution is 0.0555. The highest BCUT2D eigenvalue weighted by atomic mass is 19.1. The van der Waals surface area contributed by atoms with Crippen molar-refractivity contribution in [3.63, 3.8) is 0 Å². The van der Waals surface area contributed by atoms with Crippen LogP contribution in [0.15, 0.2) is 18.2 Å². The highest BCUT2D eigenvalue weighted by Gasteiger charge is 2.17. The molecule has 0 saturated carbocycles. The van der Waals surface area contributed by atoms with Gasteiger partial charge in [0, 0.05) is 18.7 Å². The predicted molar refractivity (Wildman–Crippen MR) is 65.6 cm³/mol. The first-order valence-corrected chi connectivity index (χ1v) is 5.74. The van der Waals surface area contributed by atoms with Crippen molar-refractivity contribution in [3.05, 3.63) is 29.6 Å². The van der Waals surface area contributed by atoms with E-state index in [1.165, 1.54) is 7.11 Å². The van der Waals surface area contributed by atoms with E-state index in [-0.39, 0.29) is 11.6 Å². The van der Waals surface area contributed by atoms with Crippen LogP contribution in [0.25, 0.3) is 0 Å². The molecule has 0 heterocycles. The third-order valence-corrected chi connectivity index (χ3v) is 2.85. The first-order chi connectivity index (χ1) is 8.00. The fourth-order valence-electron chi connectivity index (χ4n) is 1.44. The van der Waals surface area contributed by atoms with Gasteiger partial charge in [-0.25, -0.2) is 4.39 Å². The van der Waals surface area contributed by atoms with Crippen molar-refractivity contribution in [1.29, 1.82) is 0 Å². The van der Waals surface area contributed by atoms with Crippen LogP contribution >= 0.6 is 0 Å². The monoisotopic (exact) mass is 241 g/mol.